The van der Waals surface area contributed by atoms with E-state index >= 15 is 0 Å². The summed E-state index contributed by atoms with van der Waals surface area (Å²) in [7, 11) is -3.47. The van der Waals surface area contributed by atoms with Crippen molar-refractivity contribution in [2.24, 2.45) is 0 Å². The summed E-state index contributed by atoms with van der Waals surface area (Å²) >= 11 is 0. The number of rotatable bonds is 3. The zero-order valence-electron chi connectivity index (χ0n) is 10.2. The Hall–Kier alpha value is -1.66. The van der Waals surface area contributed by atoms with Crippen molar-refractivity contribution >= 4 is 26.7 Å². The summed E-state index contributed by atoms with van der Waals surface area (Å²) in [5, 5.41) is 0.746. The quantitative estimate of drug-likeness (QED) is 0.880. The molecule has 0 saturated heterocycles. The summed E-state index contributed by atoms with van der Waals surface area (Å²) in [6.45, 7) is 3.56. The smallest absolute Gasteiger partial charge is 0.240 e. The van der Waals surface area contributed by atoms with Crippen molar-refractivity contribution in [1.29, 1.82) is 0 Å². The van der Waals surface area contributed by atoms with Crippen LogP contribution in [-0.2, 0) is 10.0 Å². The lowest BCUT2D eigenvalue weighted by Gasteiger charge is -2.10. The fourth-order valence-electron chi connectivity index (χ4n) is 1.66. The van der Waals surface area contributed by atoms with E-state index in [0.717, 1.165) is 5.39 Å². The first-order valence-electron chi connectivity index (χ1n) is 5.57. The summed E-state index contributed by atoms with van der Waals surface area (Å²) in [6.07, 6.45) is 0. The number of aromatic nitrogens is 1. The van der Waals surface area contributed by atoms with Crippen molar-refractivity contribution in [3.63, 3.8) is 0 Å². The minimum atomic E-state index is -3.47. The molecule has 2 rings (SSSR count). The van der Waals surface area contributed by atoms with Crippen LogP contribution >= 0.6 is 0 Å². The molecular weight excluding hydrogens is 250 g/mol. The maximum atomic E-state index is 12.0. The third-order valence-electron chi connectivity index (χ3n) is 2.38. The van der Waals surface area contributed by atoms with Crippen molar-refractivity contribution < 1.29 is 8.42 Å². The lowest BCUT2D eigenvalue weighted by molar-refractivity contribution is 0.570. The molecule has 0 aliphatic rings. The Bertz CT molecular complexity index is 681. The van der Waals surface area contributed by atoms with Gasteiger partial charge in [0.05, 0.1) is 10.4 Å². The average Bonchev–Trinajstić information content (AvgIpc) is 2.26. The van der Waals surface area contributed by atoms with Crippen LogP contribution in [0, 0.1) is 0 Å². The van der Waals surface area contributed by atoms with E-state index in [9.17, 15) is 8.42 Å². The van der Waals surface area contributed by atoms with Gasteiger partial charge in [-0.05, 0) is 44.2 Å². The second-order valence-electron chi connectivity index (χ2n) is 4.37. The zero-order chi connectivity index (χ0) is 13.3. The van der Waals surface area contributed by atoms with E-state index in [1.54, 1.807) is 38.1 Å². The van der Waals surface area contributed by atoms with Gasteiger partial charge in [0, 0.05) is 11.4 Å². The number of anilines is 1. The first kappa shape index (κ1) is 12.8. The molecule has 0 amide bonds. The molecule has 0 saturated carbocycles. The topological polar surface area (TPSA) is 85.1 Å². The zero-order valence-corrected chi connectivity index (χ0v) is 11.0. The summed E-state index contributed by atoms with van der Waals surface area (Å²) in [6, 6.07) is 8.03. The second kappa shape index (κ2) is 4.55. The van der Waals surface area contributed by atoms with Crippen LogP contribution in [0.25, 0.3) is 10.9 Å². The van der Waals surface area contributed by atoms with Crippen LogP contribution < -0.4 is 10.5 Å². The molecule has 0 unspecified atom stereocenters. The minimum Gasteiger partial charge on any atom is -0.384 e. The normalized spacial score (nSPS) is 12.2. The highest BCUT2D eigenvalue weighted by Gasteiger charge is 2.15. The van der Waals surface area contributed by atoms with E-state index in [-0.39, 0.29) is 10.9 Å². The molecule has 0 spiro atoms. The Morgan fingerprint density at radius 2 is 1.94 bits per heavy atom. The number of benzene rings is 1. The summed E-state index contributed by atoms with van der Waals surface area (Å²) < 4.78 is 26.5. The summed E-state index contributed by atoms with van der Waals surface area (Å²) in [4.78, 5) is 4.35. The second-order valence-corrected chi connectivity index (χ2v) is 6.08. The minimum absolute atomic E-state index is 0.143. The molecule has 3 N–H and O–H groups in total. The molecule has 0 radical (unpaired) electrons. The van der Waals surface area contributed by atoms with Crippen molar-refractivity contribution in [1.82, 2.24) is 9.71 Å². The number of pyridine rings is 1. The van der Waals surface area contributed by atoms with Crippen LogP contribution in [-0.4, -0.2) is 19.4 Å². The van der Waals surface area contributed by atoms with Crippen molar-refractivity contribution in [3.05, 3.63) is 30.3 Å². The van der Waals surface area contributed by atoms with Crippen LogP contribution in [0.5, 0.6) is 0 Å². The Morgan fingerprint density at radius 3 is 2.61 bits per heavy atom. The molecule has 0 fully saturated rings. The van der Waals surface area contributed by atoms with E-state index in [0.29, 0.717) is 11.3 Å². The SMILES string of the molecule is CC(C)NS(=O)(=O)c1ccc2nc(N)ccc2c1. The molecule has 0 aliphatic carbocycles. The van der Waals surface area contributed by atoms with Gasteiger partial charge in [-0.2, -0.15) is 0 Å². The van der Waals surface area contributed by atoms with Crippen molar-refractivity contribution in [2.75, 3.05) is 5.73 Å². The molecule has 18 heavy (non-hydrogen) atoms. The van der Waals surface area contributed by atoms with Gasteiger partial charge in [0.2, 0.25) is 10.0 Å². The number of fused-ring (bicyclic) bond motifs is 1. The molecule has 2 aromatic rings. The lowest BCUT2D eigenvalue weighted by Crippen LogP contribution is -2.30. The Balaban J connectivity index is 2.51. The first-order valence-corrected chi connectivity index (χ1v) is 7.05. The number of nitrogens with one attached hydrogen (secondary N) is 1. The van der Waals surface area contributed by atoms with Crippen LogP contribution in [0.1, 0.15) is 13.8 Å². The third kappa shape index (κ3) is 2.60. The van der Waals surface area contributed by atoms with E-state index < -0.39 is 10.0 Å². The van der Waals surface area contributed by atoms with Gasteiger partial charge in [0.25, 0.3) is 0 Å². The fraction of sp³-hybridized carbons (Fsp3) is 0.250. The number of nitrogens with two attached hydrogens (primary N) is 1. The van der Waals surface area contributed by atoms with Gasteiger partial charge in [-0.1, -0.05) is 0 Å². The van der Waals surface area contributed by atoms with E-state index in [1.807, 2.05) is 0 Å². The van der Waals surface area contributed by atoms with Gasteiger partial charge < -0.3 is 5.73 Å². The molecule has 1 aromatic heterocycles. The predicted molar refractivity (Wildman–Crippen MR) is 71.6 cm³/mol. The Morgan fingerprint density at radius 1 is 1.22 bits per heavy atom. The molecule has 0 bridgehead atoms. The predicted octanol–water partition coefficient (Wildman–Crippen LogP) is 1.50. The average molecular weight is 265 g/mol. The van der Waals surface area contributed by atoms with E-state index in [2.05, 4.69) is 9.71 Å². The van der Waals surface area contributed by atoms with Crippen LogP contribution in [0.2, 0.25) is 0 Å². The van der Waals surface area contributed by atoms with Gasteiger partial charge in [-0.3, -0.25) is 0 Å². The van der Waals surface area contributed by atoms with Gasteiger partial charge in [0.15, 0.2) is 0 Å². The van der Waals surface area contributed by atoms with Gasteiger partial charge in [-0.25, -0.2) is 18.1 Å². The highest BCUT2D eigenvalue weighted by molar-refractivity contribution is 7.89. The maximum Gasteiger partial charge on any atom is 0.240 e. The van der Waals surface area contributed by atoms with Crippen LogP contribution in [0.4, 0.5) is 5.82 Å². The fourth-order valence-corrected chi connectivity index (χ4v) is 2.95. The van der Waals surface area contributed by atoms with Crippen molar-refractivity contribution in [2.45, 2.75) is 24.8 Å². The van der Waals surface area contributed by atoms with Crippen LogP contribution in [0.3, 0.4) is 0 Å². The van der Waals surface area contributed by atoms with E-state index in [4.69, 9.17) is 5.73 Å². The number of hydrogen-bond acceptors (Lipinski definition) is 4. The number of sulfonamides is 1. The lowest BCUT2D eigenvalue weighted by atomic mass is 10.2. The van der Waals surface area contributed by atoms with Gasteiger partial charge in [-0.15, -0.1) is 0 Å². The molecule has 5 nitrogen and oxygen atoms in total. The summed E-state index contributed by atoms with van der Waals surface area (Å²) in [5.74, 6) is 0.415. The molecule has 96 valence electrons. The maximum absolute atomic E-state index is 12.0. The van der Waals surface area contributed by atoms with Gasteiger partial charge in [0.1, 0.15) is 5.82 Å². The first-order chi connectivity index (χ1) is 8.38. The van der Waals surface area contributed by atoms with Gasteiger partial charge >= 0.3 is 0 Å². The number of hydrogen-bond donors (Lipinski definition) is 2. The Kier molecular flexibility index (Phi) is 3.23. The largest absolute Gasteiger partial charge is 0.384 e. The molecule has 1 heterocycles. The molecule has 6 heteroatoms. The monoisotopic (exact) mass is 265 g/mol. The van der Waals surface area contributed by atoms with Crippen molar-refractivity contribution in [3.8, 4) is 0 Å². The van der Waals surface area contributed by atoms with Crippen LogP contribution in [0.15, 0.2) is 35.2 Å². The molecule has 1 aromatic carbocycles. The summed E-state index contributed by atoms with van der Waals surface area (Å²) in [5.41, 5.74) is 6.25. The molecule has 0 atom stereocenters. The molecule has 0 aliphatic heterocycles. The van der Waals surface area contributed by atoms with E-state index in [1.165, 1.54) is 6.07 Å². The highest BCUT2D eigenvalue weighted by atomic mass is 32.2. The Labute approximate surface area is 106 Å². The number of nitrogens with zero attached hydrogens (tertiary/aromatic N) is 1. The highest BCUT2D eigenvalue weighted by Crippen LogP contribution is 2.18. The molecular formula is C12H15N3O2S. The standard InChI is InChI=1S/C12H15N3O2S/c1-8(2)15-18(16,17)10-4-5-11-9(7-10)3-6-12(13)14-11/h3-8,15H,1-2H3,(H2,13,14). The number of nitrogen functional groups attached to an aromatic ring is 1. The third-order valence-corrected chi connectivity index (χ3v) is 4.04.